The third-order valence-corrected chi connectivity index (χ3v) is 2.96. The second-order valence-corrected chi connectivity index (χ2v) is 4.20. The van der Waals surface area contributed by atoms with Crippen molar-refractivity contribution in [2.75, 3.05) is 6.61 Å². The first-order chi connectivity index (χ1) is 7.11. The Kier molecular flexibility index (Phi) is 4.76. The number of aromatic nitrogens is 2. The van der Waals surface area contributed by atoms with Crippen molar-refractivity contribution in [3.05, 3.63) is 16.4 Å². The van der Waals surface area contributed by atoms with Gasteiger partial charge < -0.3 is 9.84 Å². The minimum Gasteiger partial charge on any atom is -0.384 e. The van der Waals surface area contributed by atoms with Gasteiger partial charge in [0.05, 0.1) is 22.5 Å². The first-order valence-corrected chi connectivity index (χ1v) is 5.88. The highest BCUT2D eigenvalue weighted by molar-refractivity contribution is 9.10. The quantitative estimate of drug-likeness (QED) is 0.895. The van der Waals surface area contributed by atoms with Gasteiger partial charge in [-0.2, -0.15) is 5.10 Å². The average molecular weight is 277 g/mol. The molecule has 0 aliphatic carbocycles. The predicted octanol–water partition coefficient (Wildman–Crippen LogP) is 2.03. The summed E-state index contributed by atoms with van der Waals surface area (Å²) in [5, 5.41) is 14.2. The highest BCUT2D eigenvalue weighted by Gasteiger charge is 2.24. The molecule has 86 valence electrons. The van der Waals surface area contributed by atoms with E-state index in [0.29, 0.717) is 6.61 Å². The van der Waals surface area contributed by atoms with Gasteiger partial charge in [0, 0.05) is 13.7 Å². The maximum absolute atomic E-state index is 10.1. The molecule has 0 amide bonds. The molecule has 5 heteroatoms. The zero-order valence-corrected chi connectivity index (χ0v) is 10.9. The van der Waals surface area contributed by atoms with Crippen molar-refractivity contribution in [2.24, 2.45) is 7.05 Å². The van der Waals surface area contributed by atoms with Crippen LogP contribution in [-0.2, 0) is 11.8 Å². The van der Waals surface area contributed by atoms with E-state index in [4.69, 9.17) is 4.74 Å². The van der Waals surface area contributed by atoms with Crippen molar-refractivity contribution in [3.63, 3.8) is 0 Å². The molecule has 1 aromatic heterocycles. The molecule has 0 aromatic carbocycles. The van der Waals surface area contributed by atoms with Gasteiger partial charge in [-0.15, -0.1) is 0 Å². The van der Waals surface area contributed by atoms with Crippen molar-refractivity contribution in [2.45, 2.75) is 32.5 Å². The fourth-order valence-corrected chi connectivity index (χ4v) is 2.16. The number of halogens is 1. The fraction of sp³-hybridized carbons (Fsp3) is 0.700. The number of ether oxygens (including phenoxy) is 1. The largest absolute Gasteiger partial charge is 0.384 e. The number of nitrogens with zero attached hydrogens (tertiary/aromatic N) is 2. The number of hydrogen-bond acceptors (Lipinski definition) is 3. The molecule has 2 unspecified atom stereocenters. The van der Waals surface area contributed by atoms with Crippen LogP contribution >= 0.6 is 15.9 Å². The summed E-state index contributed by atoms with van der Waals surface area (Å²) in [5.74, 6) is 0. The Bertz CT molecular complexity index is 295. The number of aliphatic hydroxyl groups is 1. The van der Waals surface area contributed by atoms with Crippen LogP contribution < -0.4 is 0 Å². The Morgan fingerprint density at radius 2 is 2.27 bits per heavy atom. The Labute approximate surface area is 98.4 Å². The van der Waals surface area contributed by atoms with E-state index in [1.807, 2.05) is 20.9 Å². The first kappa shape index (κ1) is 12.7. The van der Waals surface area contributed by atoms with Gasteiger partial charge in [-0.3, -0.25) is 4.68 Å². The van der Waals surface area contributed by atoms with E-state index in [9.17, 15) is 5.11 Å². The van der Waals surface area contributed by atoms with Crippen molar-refractivity contribution < 1.29 is 9.84 Å². The van der Waals surface area contributed by atoms with Gasteiger partial charge in [0.1, 0.15) is 6.10 Å². The lowest BCUT2D eigenvalue weighted by Crippen LogP contribution is -2.23. The van der Waals surface area contributed by atoms with E-state index in [1.165, 1.54) is 0 Å². The summed E-state index contributed by atoms with van der Waals surface area (Å²) in [6.07, 6.45) is 1.63. The third-order valence-electron chi connectivity index (χ3n) is 2.35. The van der Waals surface area contributed by atoms with Gasteiger partial charge in [0.15, 0.2) is 0 Å². The lowest BCUT2D eigenvalue weighted by atomic mass is 10.1. The van der Waals surface area contributed by atoms with Crippen LogP contribution in [0.5, 0.6) is 0 Å². The molecule has 0 aliphatic rings. The van der Waals surface area contributed by atoms with Gasteiger partial charge in [-0.05, 0) is 29.3 Å². The van der Waals surface area contributed by atoms with E-state index in [-0.39, 0.29) is 6.10 Å². The summed E-state index contributed by atoms with van der Waals surface area (Å²) in [4.78, 5) is 0. The molecular formula is C10H17BrN2O2. The summed E-state index contributed by atoms with van der Waals surface area (Å²) >= 11 is 3.37. The van der Waals surface area contributed by atoms with Crippen LogP contribution in [0.15, 0.2) is 10.7 Å². The number of aryl methyl sites for hydroxylation is 1. The van der Waals surface area contributed by atoms with Crippen LogP contribution in [0.1, 0.15) is 32.1 Å². The summed E-state index contributed by atoms with van der Waals surface area (Å²) in [6, 6.07) is 0. The van der Waals surface area contributed by atoms with Crippen molar-refractivity contribution >= 4 is 15.9 Å². The van der Waals surface area contributed by atoms with Gasteiger partial charge in [-0.1, -0.05) is 6.92 Å². The molecule has 0 fully saturated rings. The van der Waals surface area contributed by atoms with E-state index in [0.717, 1.165) is 16.6 Å². The zero-order chi connectivity index (χ0) is 11.4. The van der Waals surface area contributed by atoms with Gasteiger partial charge in [-0.25, -0.2) is 0 Å². The number of rotatable bonds is 5. The molecule has 2 atom stereocenters. The normalized spacial score (nSPS) is 15.3. The van der Waals surface area contributed by atoms with Crippen LogP contribution in [0.4, 0.5) is 0 Å². The van der Waals surface area contributed by atoms with Crippen molar-refractivity contribution in [1.29, 1.82) is 0 Å². The third kappa shape index (κ3) is 2.80. The fourth-order valence-electron chi connectivity index (χ4n) is 1.58. The van der Waals surface area contributed by atoms with E-state index in [2.05, 4.69) is 21.0 Å². The molecule has 0 bridgehead atoms. The summed E-state index contributed by atoms with van der Waals surface area (Å²) in [5.41, 5.74) is 0.760. The Hall–Kier alpha value is -0.390. The highest BCUT2D eigenvalue weighted by atomic mass is 79.9. The predicted molar refractivity (Wildman–Crippen MR) is 61.6 cm³/mol. The first-order valence-electron chi connectivity index (χ1n) is 5.08. The second kappa shape index (κ2) is 5.63. The van der Waals surface area contributed by atoms with Gasteiger partial charge in [0.25, 0.3) is 0 Å². The summed E-state index contributed by atoms with van der Waals surface area (Å²) in [6.45, 7) is 4.52. The maximum atomic E-state index is 10.1. The number of hydrogen-bond donors (Lipinski definition) is 1. The Morgan fingerprint density at radius 3 is 2.67 bits per heavy atom. The second-order valence-electron chi connectivity index (χ2n) is 3.35. The molecule has 15 heavy (non-hydrogen) atoms. The lowest BCUT2D eigenvalue weighted by molar-refractivity contribution is -0.0391. The topological polar surface area (TPSA) is 47.3 Å². The smallest absolute Gasteiger partial charge is 0.123 e. The monoisotopic (exact) mass is 276 g/mol. The lowest BCUT2D eigenvalue weighted by Gasteiger charge is -2.22. The SMILES string of the molecule is CCOC(CC)C(O)c1c(Br)cnn1C. The van der Waals surface area contributed by atoms with Gasteiger partial charge >= 0.3 is 0 Å². The average Bonchev–Trinajstić information content (AvgIpc) is 2.54. The molecule has 1 heterocycles. The standard InChI is InChI=1S/C10H17BrN2O2/c1-4-8(15-5-2)10(14)9-7(11)6-12-13(9)3/h6,8,10,14H,4-5H2,1-3H3. The molecule has 1 aromatic rings. The molecule has 0 saturated carbocycles. The molecule has 4 nitrogen and oxygen atoms in total. The van der Waals surface area contributed by atoms with Crippen molar-refractivity contribution in [1.82, 2.24) is 9.78 Å². The van der Waals surface area contributed by atoms with Crippen molar-refractivity contribution in [3.8, 4) is 0 Å². The molecule has 1 N–H and O–H groups in total. The molecule has 0 radical (unpaired) electrons. The van der Waals surface area contributed by atoms with E-state index < -0.39 is 6.10 Å². The minimum absolute atomic E-state index is 0.179. The van der Waals surface area contributed by atoms with E-state index >= 15 is 0 Å². The molecule has 0 spiro atoms. The highest BCUT2D eigenvalue weighted by Crippen LogP contribution is 2.27. The molecule has 0 saturated heterocycles. The van der Waals surface area contributed by atoms with Crippen LogP contribution in [-0.4, -0.2) is 27.6 Å². The molecule has 0 aliphatic heterocycles. The Balaban J connectivity index is 2.86. The zero-order valence-electron chi connectivity index (χ0n) is 9.27. The number of aliphatic hydroxyl groups excluding tert-OH is 1. The molecule has 1 rings (SSSR count). The van der Waals surface area contributed by atoms with Gasteiger partial charge in [0.2, 0.25) is 0 Å². The maximum Gasteiger partial charge on any atom is 0.123 e. The van der Waals surface area contributed by atoms with Crippen LogP contribution in [0.3, 0.4) is 0 Å². The van der Waals surface area contributed by atoms with E-state index in [1.54, 1.807) is 10.9 Å². The van der Waals surface area contributed by atoms with Crippen LogP contribution in [0.2, 0.25) is 0 Å². The summed E-state index contributed by atoms with van der Waals surface area (Å²) < 4.78 is 7.95. The Morgan fingerprint density at radius 1 is 1.60 bits per heavy atom. The van der Waals surface area contributed by atoms with Crippen LogP contribution in [0, 0.1) is 0 Å². The molecular weight excluding hydrogens is 260 g/mol. The summed E-state index contributed by atoms with van der Waals surface area (Å²) in [7, 11) is 1.81. The van der Waals surface area contributed by atoms with Crippen LogP contribution in [0.25, 0.3) is 0 Å². The minimum atomic E-state index is -0.642.